The number of benzene rings is 2. The highest BCUT2D eigenvalue weighted by Crippen LogP contribution is 2.23. The standard InChI is InChI=1S/C22H28F2N2O2/c1-16-11-17(4-6-22(16)28-2)14-26-9-8-25(15-19(26)7-10-27)13-18-3-5-20(23)21(24)12-18/h3-6,11-12,19,27H,7-10,13-15H2,1-2H3/t19-/m0/s1. The molecule has 1 N–H and O–H groups in total. The highest BCUT2D eigenvalue weighted by atomic mass is 19.2. The van der Waals surface area contributed by atoms with Crippen LogP contribution in [0.3, 0.4) is 0 Å². The van der Waals surface area contributed by atoms with E-state index in [9.17, 15) is 13.9 Å². The first-order valence-corrected chi connectivity index (χ1v) is 9.65. The molecule has 0 aliphatic carbocycles. The van der Waals surface area contributed by atoms with E-state index in [1.54, 1.807) is 13.2 Å². The molecule has 0 aromatic heterocycles. The van der Waals surface area contributed by atoms with Crippen molar-refractivity contribution in [3.8, 4) is 5.75 Å². The summed E-state index contributed by atoms with van der Waals surface area (Å²) in [5.41, 5.74) is 3.09. The zero-order valence-corrected chi connectivity index (χ0v) is 16.5. The first kappa shape index (κ1) is 20.7. The number of aryl methyl sites for hydroxylation is 1. The second kappa shape index (κ2) is 9.45. The van der Waals surface area contributed by atoms with Gasteiger partial charge in [0.2, 0.25) is 0 Å². The van der Waals surface area contributed by atoms with Crippen molar-refractivity contribution in [1.29, 1.82) is 0 Å². The normalized spacial score (nSPS) is 18.4. The van der Waals surface area contributed by atoms with Gasteiger partial charge in [-0.05, 0) is 48.2 Å². The van der Waals surface area contributed by atoms with Crippen molar-refractivity contribution >= 4 is 0 Å². The third kappa shape index (κ3) is 5.07. The summed E-state index contributed by atoms with van der Waals surface area (Å²) in [6.07, 6.45) is 0.684. The van der Waals surface area contributed by atoms with Crippen LogP contribution in [0.25, 0.3) is 0 Å². The quantitative estimate of drug-likeness (QED) is 0.787. The number of halogens is 2. The Morgan fingerprint density at radius 1 is 1.04 bits per heavy atom. The molecule has 6 heteroatoms. The number of aliphatic hydroxyl groups is 1. The van der Waals surface area contributed by atoms with E-state index in [1.807, 2.05) is 13.0 Å². The molecule has 152 valence electrons. The van der Waals surface area contributed by atoms with Crippen LogP contribution in [0.5, 0.6) is 5.75 Å². The Balaban J connectivity index is 1.65. The largest absolute Gasteiger partial charge is 0.496 e. The van der Waals surface area contributed by atoms with Gasteiger partial charge in [0.25, 0.3) is 0 Å². The average Bonchev–Trinajstić information content (AvgIpc) is 2.67. The van der Waals surface area contributed by atoms with Crippen LogP contribution in [0.15, 0.2) is 36.4 Å². The molecule has 0 amide bonds. The second-order valence-corrected chi connectivity index (χ2v) is 7.42. The van der Waals surface area contributed by atoms with Crippen LogP contribution in [0.4, 0.5) is 8.78 Å². The minimum Gasteiger partial charge on any atom is -0.496 e. The third-order valence-corrected chi connectivity index (χ3v) is 5.39. The molecule has 0 saturated carbocycles. The number of hydrogen-bond donors (Lipinski definition) is 1. The molecule has 0 bridgehead atoms. The molecule has 2 aromatic rings. The predicted molar refractivity (Wildman–Crippen MR) is 105 cm³/mol. The SMILES string of the molecule is COc1ccc(CN2CCN(Cc3ccc(F)c(F)c3)C[C@@H]2CCO)cc1C. The molecule has 1 aliphatic rings. The van der Waals surface area contributed by atoms with Gasteiger partial charge in [0, 0.05) is 45.4 Å². The Bertz CT molecular complexity index is 800. The molecule has 1 saturated heterocycles. The molecule has 4 nitrogen and oxygen atoms in total. The van der Waals surface area contributed by atoms with Gasteiger partial charge in [-0.1, -0.05) is 18.2 Å². The van der Waals surface area contributed by atoms with Crippen molar-refractivity contribution < 1.29 is 18.6 Å². The molecule has 0 unspecified atom stereocenters. The summed E-state index contributed by atoms with van der Waals surface area (Å²) in [5, 5.41) is 9.50. The topological polar surface area (TPSA) is 35.9 Å². The number of ether oxygens (including phenoxy) is 1. The molecule has 1 heterocycles. The van der Waals surface area contributed by atoms with E-state index in [2.05, 4.69) is 21.9 Å². The maximum Gasteiger partial charge on any atom is 0.159 e. The predicted octanol–water partition coefficient (Wildman–Crippen LogP) is 3.35. The van der Waals surface area contributed by atoms with Gasteiger partial charge in [-0.3, -0.25) is 9.80 Å². The van der Waals surface area contributed by atoms with Crippen LogP contribution >= 0.6 is 0 Å². The van der Waals surface area contributed by atoms with Crippen molar-refractivity contribution in [2.75, 3.05) is 33.4 Å². The van der Waals surface area contributed by atoms with Crippen molar-refractivity contribution in [3.63, 3.8) is 0 Å². The lowest BCUT2D eigenvalue weighted by Gasteiger charge is -2.41. The van der Waals surface area contributed by atoms with Gasteiger partial charge in [-0.15, -0.1) is 0 Å². The fourth-order valence-corrected chi connectivity index (χ4v) is 3.90. The molecular weight excluding hydrogens is 362 g/mol. The minimum absolute atomic E-state index is 0.127. The van der Waals surface area contributed by atoms with E-state index < -0.39 is 11.6 Å². The smallest absolute Gasteiger partial charge is 0.159 e. The molecule has 0 radical (unpaired) electrons. The molecule has 1 fully saturated rings. The van der Waals surface area contributed by atoms with E-state index in [4.69, 9.17) is 4.74 Å². The van der Waals surface area contributed by atoms with Crippen LogP contribution < -0.4 is 4.74 Å². The van der Waals surface area contributed by atoms with Crippen molar-refractivity contribution in [2.45, 2.75) is 32.5 Å². The van der Waals surface area contributed by atoms with E-state index in [-0.39, 0.29) is 12.6 Å². The third-order valence-electron chi connectivity index (χ3n) is 5.39. The van der Waals surface area contributed by atoms with E-state index in [0.29, 0.717) is 13.0 Å². The number of aliphatic hydroxyl groups excluding tert-OH is 1. The fraction of sp³-hybridized carbons (Fsp3) is 0.455. The summed E-state index contributed by atoms with van der Waals surface area (Å²) in [7, 11) is 1.67. The first-order valence-electron chi connectivity index (χ1n) is 9.65. The van der Waals surface area contributed by atoms with Gasteiger partial charge < -0.3 is 9.84 Å². The number of piperazine rings is 1. The lowest BCUT2D eigenvalue weighted by atomic mass is 10.0. The summed E-state index contributed by atoms with van der Waals surface area (Å²) >= 11 is 0. The Kier molecular flexibility index (Phi) is 6.99. The maximum atomic E-state index is 13.5. The van der Waals surface area contributed by atoms with Crippen LogP contribution in [0, 0.1) is 18.6 Å². The molecule has 1 atom stereocenters. The average molecular weight is 390 g/mol. The lowest BCUT2D eigenvalue weighted by molar-refractivity contribution is 0.0499. The van der Waals surface area contributed by atoms with Gasteiger partial charge in [-0.25, -0.2) is 8.78 Å². The van der Waals surface area contributed by atoms with Gasteiger partial charge in [0.1, 0.15) is 5.75 Å². The Morgan fingerprint density at radius 3 is 2.46 bits per heavy atom. The van der Waals surface area contributed by atoms with Crippen molar-refractivity contribution in [1.82, 2.24) is 9.80 Å². The monoisotopic (exact) mass is 390 g/mol. The van der Waals surface area contributed by atoms with Crippen LogP contribution in [0.1, 0.15) is 23.1 Å². The van der Waals surface area contributed by atoms with E-state index in [0.717, 1.165) is 43.1 Å². The van der Waals surface area contributed by atoms with Crippen LogP contribution in [0.2, 0.25) is 0 Å². The summed E-state index contributed by atoms with van der Waals surface area (Å²) in [6.45, 7) is 6.04. The van der Waals surface area contributed by atoms with Crippen molar-refractivity contribution in [3.05, 3.63) is 64.7 Å². The highest BCUT2D eigenvalue weighted by Gasteiger charge is 2.27. The molecule has 2 aromatic carbocycles. The highest BCUT2D eigenvalue weighted by molar-refractivity contribution is 5.36. The van der Waals surface area contributed by atoms with Gasteiger partial charge in [-0.2, -0.15) is 0 Å². The second-order valence-electron chi connectivity index (χ2n) is 7.42. The van der Waals surface area contributed by atoms with Crippen LogP contribution in [-0.4, -0.2) is 54.3 Å². The molecule has 28 heavy (non-hydrogen) atoms. The van der Waals surface area contributed by atoms with E-state index in [1.165, 1.54) is 17.7 Å². The molecule has 3 rings (SSSR count). The van der Waals surface area contributed by atoms with Gasteiger partial charge in [0.15, 0.2) is 11.6 Å². The molecule has 0 spiro atoms. The van der Waals surface area contributed by atoms with Gasteiger partial charge in [0.05, 0.1) is 7.11 Å². The number of hydrogen-bond acceptors (Lipinski definition) is 4. The molecule has 1 aliphatic heterocycles. The Hall–Kier alpha value is -2.02. The summed E-state index contributed by atoms with van der Waals surface area (Å²) < 4.78 is 32.0. The number of nitrogens with zero attached hydrogens (tertiary/aromatic N) is 2. The van der Waals surface area contributed by atoms with Gasteiger partial charge >= 0.3 is 0 Å². The summed E-state index contributed by atoms with van der Waals surface area (Å²) in [4.78, 5) is 4.63. The Morgan fingerprint density at radius 2 is 1.79 bits per heavy atom. The fourth-order valence-electron chi connectivity index (χ4n) is 3.90. The first-order chi connectivity index (χ1) is 13.5. The molecular formula is C22H28F2N2O2. The zero-order valence-electron chi connectivity index (χ0n) is 16.5. The van der Waals surface area contributed by atoms with Crippen molar-refractivity contribution in [2.24, 2.45) is 0 Å². The number of methoxy groups -OCH3 is 1. The van der Waals surface area contributed by atoms with E-state index >= 15 is 0 Å². The minimum atomic E-state index is -0.818. The summed E-state index contributed by atoms with van der Waals surface area (Å²) in [6, 6.07) is 10.5. The Labute approximate surface area is 165 Å². The summed E-state index contributed by atoms with van der Waals surface area (Å²) in [5.74, 6) is -0.744. The van der Waals surface area contributed by atoms with Crippen LogP contribution in [-0.2, 0) is 13.1 Å². The maximum absolute atomic E-state index is 13.5. The number of rotatable bonds is 7. The lowest BCUT2D eigenvalue weighted by Crippen LogP contribution is -2.52. The zero-order chi connectivity index (χ0) is 20.1.